The summed E-state index contributed by atoms with van der Waals surface area (Å²) >= 11 is 0. The molecule has 1 N–H and O–H groups in total. The molecule has 1 unspecified atom stereocenters. The number of ether oxygens (including phenoxy) is 2. The summed E-state index contributed by atoms with van der Waals surface area (Å²) in [5.41, 5.74) is -0.530. The van der Waals surface area contributed by atoms with Crippen molar-refractivity contribution in [2.45, 2.75) is 59.6 Å². The largest absolute Gasteiger partial charge is 0.465 e. The lowest BCUT2D eigenvalue weighted by Gasteiger charge is -2.25. The Kier molecular flexibility index (Phi) is 7.68. The number of carbonyl (C=O) groups is 2. The summed E-state index contributed by atoms with van der Waals surface area (Å²) in [6.07, 6.45) is 0.619. The standard InChI is InChI=1S/C14H27NO4/c1-7-18-12(16)9-15-11(8-10(2)3)13(17)19-14(4,5)6/h10-11,15H,7-9H2,1-6H3. The van der Waals surface area contributed by atoms with Gasteiger partial charge in [-0.15, -0.1) is 0 Å². The lowest BCUT2D eigenvalue weighted by molar-refractivity contribution is -0.158. The van der Waals surface area contributed by atoms with Crippen molar-refractivity contribution in [3.63, 3.8) is 0 Å². The topological polar surface area (TPSA) is 64.6 Å². The molecule has 5 nitrogen and oxygen atoms in total. The molecule has 0 rings (SSSR count). The monoisotopic (exact) mass is 273 g/mol. The van der Waals surface area contributed by atoms with Gasteiger partial charge in [0.1, 0.15) is 11.6 Å². The zero-order valence-corrected chi connectivity index (χ0v) is 12.9. The third-order valence-corrected chi connectivity index (χ3v) is 2.20. The second-order valence-corrected chi connectivity index (χ2v) is 5.90. The second kappa shape index (κ2) is 8.15. The predicted octanol–water partition coefficient (Wildman–Crippen LogP) is 1.90. The van der Waals surface area contributed by atoms with Crippen molar-refractivity contribution < 1.29 is 19.1 Å². The lowest BCUT2D eigenvalue weighted by atomic mass is 10.0. The first kappa shape index (κ1) is 17.9. The molecule has 0 aliphatic carbocycles. The van der Waals surface area contributed by atoms with E-state index in [1.54, 1.807) is 6.92 Å². The molecule has 0 bridgehead atoms. The Morgan fingerprint density at radius 1 is 1.21 bits per heavy atom. The average Bonchev–Trinajstić information content (AvgIpc) is 2.21. The van der Waals surface area contributed by atoms with Gasteiger partial charge >= 0.3 is 11.9 Å². The van der Waals surface area contributed by atoms with Gasteiger partial charge in [-0.25, -0.2) is 0 Å². The summed E-state index contributed by atoms with van der Waals surface area (Å²) in [7, 11) is 0. The molecule has 0 saturated heterocycles. The highest BCUT2D eigenvalue weighted by Crippen LogP contribution is 2.12. The van der Waals surface area contributed by atoms with E-state index in [1.165, 1.54) is 0 Å². The fourth-order valence-electron chi connectivity index (χ4n) is 1.53. The Labute approximate surface area is 116 Å². The van der Waals surface area contributed by atoms with Crippen LogP contribution in [0.4, 0.5) is 0 Å². The van der Waals surface area contributed by atoms with Crippen molar-refractivity contribution in [1.29, 1.82) is 0 Å². The number of esters is 2. The van der Waals surface area contributed by atoms with E-state index in [2.05, 4.69) is 5.32 Å². The molecule has 1 atom stereocenters. The Morgan fingerprint density at radius 2 is 1.79 bits per heavy atom. The second-order valence-electron chi connectivity index (χ2n) is 5.90. The molecule has 0 radical (unpaired) electrons. The van der Waals surface area contributed by atoms with E-state index in [9.17, 15) is 9.59 Å². The molecule has 0 spiro atoms. The molecule has 0 aromatic carbocycles. The number of hydrogen-bond acceptors (Lipinski definition) is 5. The van der Waals surface area contributed by atoms with E-state index in [4.69, 9.17) is 9.47 Å². The Balaban J connectivity index is 4.45. The maximum atomic E-state index is 12.0. The number of nitrogens with one attached hydrogen (secondary N) is 1. The molecule has 5 heteroatoms. The normalized spacial score (nSPS) is 13.2. The van der Waals surface area contributed by atoms with Gasteiger partial charge in [-0.3, -0.25) is 14.9 Å². The Hall–Kier alpha value is -1.10. The highest BCUT2D eigenvalue weighted by molar-refractivity contribution is 5.78. The highest BCUT2D eigenvalue weighted by atomic mass is 16.6. The summed E-state index contributed by atoms with van der Waals surface area (Å²) in [5.74, 6) is -0.363. The molecule has 19 heavy (non-hydrogen) atoms. The van der Waals surface area contributed by atoms with Gasteiger partial charge in [-0.2, -0.15) is 0 Å². The van der Waals surface area contributed by atoms with Gasteiger partial charge in [0, 0.05) is 0 Å². The van der Waals surface area contributed by atoms with Crippen LogP contribution >= 0.6 is 0 Å². The van der Waals surface area contributed by atoms with E-state index in [0.29, 0.717) is 18.9 Å². The van der Waals surface area contributed by atoms with Gasteiger partial charge in [0.15, 0.2) is 0 Å². The molecule has 0 heterocycles. The minimum absolute atomic E-state index is 0.0183. The number of hydrogen-bond donors (Lipinski definition) is 1. The summed E-state index contributed by atoms with van der Waals surface area (Å²) in [6, 6.07) is -0.483. The molecule has 112 valence electrons. The van der Waals surface area contributed by atoms with E-state index in [-0.39, 0.29) is 18.5 Å². The molecule has 0 aromatic rings. The fourth-order valence-corrected chi connectivity index (χ4v) is 1.53. The summed E-state index contributed by atoms with van der Waals surface area (Å²) in [6.45, 7) is 11.6. The molecule has 0 aliphatic rings. The van der Waals surface area contributed by atoms with Crippen LogP contribution in [0.3, 0.4) is 0 Å². The SMILES string of the molecule is CCOC(=O)CNC(CC(C)C)C(=O)OC(C)(C)C. The minimum Gasteiger partial charge on any atom is -0.465 e. The molecular formula is C14H27NO4. The van der Waals surface area contributed by atoms with Crippen LogP contribution in [0.25, 0.3) is 0 Å². The number of rotatable bonds is 7. The first-order chi connectivity index (χ1) is 8.65. The Bertz CT molecular complexity index is 294. The van der Waals surface area contributed by atoms with E-state index < -0.39 is 11.6 Å². The van der Waals surface area contributed by atoms with Crippen LogP contribution in [0.5, 0.6) is 0 Å². The molecule has 0 aliphatic heterocycles. The van der Waals surface area contributed by atoms with Crippen LogP contribution in [-0.4, -0.2) is 36.7 Å². The van der Waals surface area contributed by atoms with E-state index in [1.807, 2.05) is 34.6 Å². The van der Waals surface area contributed by atoms with Gasteiger partial charge in [-0.05, 0) is 40.0 Å². The Morgan fingerprint density at radius 3 is 2.21 bits per heavy atom. The maximum absolute atomic E-state index is 12.0. The van der Waals surface area contributed by atoms with Gasteiger partial charge < -0.3 is 9.47 Å². The predicted molar refractivity (Wildman–Crippen MR) is 73.7 cm³/mol. The highest BCUT2D eigenvalue weighted by Gasteiger charge is 2.26. The fraction of sp³-hybridized carbons (Fsp3) is 0.857. The number of carbonyl (C=O) groups excluding carboxylic acids is 2. The first-order valence-electron chi connectivity index (χ1n) is 6.77. The maximum Gasteiger partial charge on any atom is 0.323 e. The molecule has 0 fully saturated rings. The van der Waals surface area contributed by atoms with Gasteiger partial charge in [-0.1, -0.05) is 13.8 Å². The summed E-state index contributed by atoms with van der Waals surface area (Å²) in [4.78, 5) is 23.3. The van der Waals surface area contributed by atoms with E-state index >= 15 is 0 Å². The van der Waals surface area contributed by atoms with Crippen molar-refractivity contribution in [1.82, 2.24) is 5.32 Å². The van der Waals surface area contributed by atoms with Crippen LogP contribution in [0.15, 0.2) is 0 Å². The van der Waals surface area contributed by atoms with Crippen LogP contribution in [0.2, 0.25) is 0 Å². The first-order valence-corrected chi connectivity index (χ1v) is 6.77. The lowest BCUT2D eigenvalue weighted by Crippen LogP contribution is -2.44. The molecular weight excluding hydrogens is 246 g/mol. The van der Waals surface area contributed by atoms with Gasteiger partial charge in [0.25, 0.3) is 0 Å². The molecule has 0 amide bonds. The average molecular weight is 273 g/mol. The summed E-state index contributed by atoms with van der Waals surface area (Å²) < 4.78 is 10.2. The third kappa shape index (κ3) is 9.47. The molecule has 0 saturated carbocycles. The van der Waals surface area contributed by atoms with Crippen LogP contribution in [0.1, 0.15) is 48.0 Å². The van der Waals surface area contributed by atoms with Crippen molar-refractivity contribution in [2.24, 2.45) is 5.92 Å². The zero-order chi connectivity index (χ0) is 15.1. The van der Waals surface area contributed by atoms with Crippen molar-refractivity contribution >= 4 is 11.9 Å². The van der Waals surface area contributed by atoms with Crippen LogP contribution in [-0.2, 0) is 19.1 Å². The van der Waals surface area contributed by atoms with E-state index in [0.717, 1.165) is 0 Å². The van der Waals surface area contributed by atoms with Crippen molar-refractivity contribution in [2.75, 3.05) is 13.2 Å². The smallest absolute Gasteiger partial charge is 0.323 e. The van der Waals surface area contributed by atoms with Gasteiger partial charge in [0.2, 0.25) is 0 Å². The van der Waals surface area contributed by atoms with Crippen molar-refractivity contribution in [3.05, 3.63) is 0 Å². The third-order valence-electron chi connectivity index (χ3n) is 2.20. The van der Waals surface area contributed by atoms with Crippen LogP contribution in [0, 0.1) is 5.92 Å². The zero-order valence-electron chi connectivity index (χ0n) is 12.9. The quantitative estimate of drug-likeness (QED) is 0.718. The van der Waals surface area contributed by atoms with Crippen LogP contribution < -0.4 is 5.32 Å². The van der Waals surface area contributed by atoms with Gasteiger partial charge in [0.05, 0.1) is 13.2 Å². The van der Waals surface area contributed by atoms with Crippen molar-refractivity contribution in [3.8, 4) is 0 Å². The molecule has 0 aromatic heterocycles. The minimum atomic E-state index is -0.530. The summed E-state index contributed by atoms with van der Waals surface area (Å²) in [5, 5.41) is 2.91.